The molecule has 1 atom stereocenters. The maximum absolute atomic E-state index is 12.6. The summed E-state index contributed by atoms with van der Waals surface area (Å²) in [5.74, 6) is 0. The molecule has 1 heterocycles. The normalized spacial score (nSPS) is 17.2. The Morgan fingerprint density at radius 3 is 2.61 bits per heavy atom. The number of benzene rings is 1. The van der Waals surface area contributed by atoms with Gasteiger partial charge in [-0.2, -0.15) is 0 Å². The Balaban J connectivity index is 2.02. The first kappa shape index (κ1) is 15.7. The minimum absolute atomic E-state index is 0.363. The second-order valence-corrected chi connectivity index (χ2v) is 7.34. The third kappa shape index (κ3) is 2.64. The Hall–Kier alpha value is -2.19. The van der Waals surface area contributed by atoms with Crippen molar-refractivity contribution in [3.8, 4) is 0 Å². The molecule has 2 aromatic rings. The topological polar surface area (TPSA) is 90.2 Å². The van der Waals surface area contributed by atoms with Crippen molar-refractivity contribution in [1.29, 1.82) is 0 Å². The lowest BCUT2D eigenvalue weighted by Gasteiger charge is -2.15. The number of aromatic nitrogens is 2. The lowest BCUT2D eigenvalue weighted by atomic mass is 10.1. The van der Waals surface area contributed by atoms with Crippen LogP contribution in [0.1, 0.15) is 23.6 Å². The van der Waals surface area contributed by atoms with Gasteiger partial charge in [0.2, 0.25) is 10.0 Å². The van der Waals surface area contributed by atoms with Gasteiger partial charge in [-0.15, -0.1) is 0 Å². The summed E-state index contributed by atoms with van der Waals surface area (Å²) < 4.78 is 29.6. The number of nitrogens with one attached hydrogen (secondary N) is 1. The van der Waals surface area contributed by atoms with Crippen molar-refractivity contribution >= 4 is 10.0 Å². The van der Waals surface area contributed by atoms with Gasteiger partial charge in [0.1, 0.15) is 0 Å². The number of aryl methyl sites for hydroxylation is 2. The van der Waals surface area contributed by atoms with Gasteiger partial charge in [0.25, 0.3) is 5.56 Å². The van der Waals surface area contributed by atoms with Crippen molar-refractivity contribution in [2.75, 3.05) is 0 Å². The molecular weight excluding hydrogens is 318 g/mol. The van der Waals surface area contributed by atoms with E-state index in [1.165, 1.54) is 14.1 Å². The van der Waals surface area contributed by atoms with E-state index in [1.807, 2.05) is 24.3 Å². The van der Waals surface area contributed by atoms with E-state index in [0.29, 0.717) is 6.42 Å². The van der Waals surface area contributed by atoms with Gasteiger partial charge in [-0.05, 0) is 24.0 Å². The first-order chi connectivity index (χ1) is 10.8. The molecule has 0 unspecified atom stereocenters. The van der Waals surface area contributed by atoms with Crippen LogP contribution in [-0.2, 0) is 30.5 Å². The molecule has 0 amide bonds. The van der Waals surface area contributed by atoms with Gasteiger partial charge in [-0.25, -0.2) is 17.9 Å². The Morgan fingerprint density at radius 2 is 1.87 bits per heavy atom. The number of nitrogens with zero attached hydrogens (tertiary/aromatic N) is 2. The lowest BCUT2D eigenvalue weighted by molar-refractivity contribution is 0.547. The van der Waals surface area contributed by atoms with Gasteiger partial charge >= 0.3 is 5.69 Å². The molecule has 0 bridgehead atoms. The molecule has 7 nitrogen and oxygen atoms in total. The summed E-state index contributed by atoms with van der Waals surface area (Å²) in [6, 6.07) is 7.26. The molecule has 0 radical (unpaired) electrons. The van der Waals surface area contributed by atoms with E-state index in [4.69, 9.17) is 0 Å². The molecule has 0 saturated heterocycles. The van der Waals surface area contributed by atoms with E-state index in [9.17, 15) is 18.0 Å². The zero-order valence-electron chi connectivity index (χ0n) is 12.8. The zero-order chi connectivity index (χ0) is 16.8. The highest BCUT2D eigenvalue weighted by Crippen LogP contribution is 2.31. The average Bonchev–Trinajstić information content (AvgIpc) is 2.91. The summed E-state index contributed by atoms with van der Waals surface area (Å²) in [6.45, 7) is 0. The molecule has 1 aliphatic rings. The van der Waals surface area contributed by atoms with Crippen LogP contribution in [0, 0.1) is 0 Å². The molecule has 1 N–H and O–H groups in total. The Labute approximate surface area is 133 Å². The van der Waals surface area contributed by atoms with Crippen molar-refractivity contribution < 1.29 is 8.42 Å². The molecule has 1 aromatic carbocycles. The van der Waals surface area contributed by atoms with Gasteiger partial charge in [-0.3, -0.25) is 9.36 Å². The highest BCUT2D eigenvalue weighted by Gasteiger charge is 2.29. The average molecular weight is 335 g/mol. The highest BCUT2D eigenvalue weighted by molar-refractivity contribution is 7.89. The molecule has 8 heteroatoms. The number of rotatable bonds is 3. The van der Waals surface area contributed by atoms with E-state index in [0.717, 1.165) is 32.9 Å². The number of hydrogen-bond acceptors (Lipinski definition) is 4. The largest absolute Gasteiger partial charge is 0.330 e. The van der Waals surface area contributed by atoms with Crippen molar-refractivity contribution in [2.45, 2.75) is 23.8 Å². The molecule has 23 heavy (non-hydrogen) atoms. The van der Waals surface area contributed by atoms with Crippen molar-refractivity contribution in [3.05, 3.63) is 62.4 Å². The molecular formula is C15H17N3O4S. The van der Waals surface area contributed by atoms with Crippen molar-refractivity contribution in [1.82, 2.24) is 13.9 Å². The fourth-order valence-electron chi connectivity index (χ4n) is 2.89. The molecule has 1 aromatic heterocycles. The zero-order valence-corrected chi connectivity index (χ0v) is 13.6. The molecule has 0 saturated carbocycles. The lowest BCUT2D eigenvalue weighted by Crippen LogP contribution is -2.41. The fraction of sp³-hybridized carbons (Fsp3) is 0.333. The maximum atomic E-state index is 12.6. The molecule has 1 aliphatic carbocycles. The molecule has 0 aliphatic heterocycles. The molecule has 3 rings (SSSR count). The minimum Gasteiger partial charge on any atom is -0.302 e. The van der Waals surface area contributed by atoms with Crippen molar-refractivity contribution in [2.24, 2.45) is 14.1 Å². The SMILES string of the molecule is Cn1cc(S(=O)(=O)N[C@H]2CCc3ccccc32)c(=O)n(C)c1=O. The van der Waals surface area contributed by atoms with Gasteiger partial charge in [-0.1, -0.05) is 24.3 Å². The minimum atomic E-state index is -4.02. The van der Waals surface area contributed by atoms with E-state index in [-0.39, 0.29) is 6.04 Å². The third-order valence-electron chi connectivity index (χ3n) is 4.13. The first-order valence-electron chi connectivity index (χ1n) is 7.18. The van der Waals surface area contributed by atoms with E-state index in [1.54, 1.807) is 0 Å². The van der Waals surface area contributed by atoms with E-state index < -0.39 is 26.2 Å². The van der Waals surface area contributed by atoms with Gasteiger partial charge in [0.05, 0.1) is 0 Å². The third-order valence-corrected chi connectivity index (χ3v) is 5.59. The Morgan fingerprint density at radius 1 is 1.17 bits per heavy atom. The summed E-state index contributed by atoms with van der Waals surface area (Å²) >= 11 is 0. The van der Waals surface area contributed by atoms with Crippen LogP contribution in [-0.4, -0.2) is 17.6 Å². The second kappa shape index (κ2) is 5.47. The molecule has 0 spiro atoms. The number of fused-ring (bicyclic) bond motifs is 1. The summed E-state index contributed by atoms with van der Waals surface area (Å²) in [5.41, 5.74) is 0.637. The van der Waals surface area contributed by atoms with Crippen LogP contribution < -0.4 is 16.0 Å². The summed E-state index contributed by atoms with van der Waals surface area (Å²) in [6.07, 6.45) is 2.49. The first-order valence-corrected chi connectivity index (χ1v) is 8.66. The maximum Gasteiger partial charge on any atom is 0.330 e. The van der Waals surface area contributed by atoms with Gasteiger partial charge < -0.3 is 4.57 Å². The van der Waals surface area contributed by atoms with Gasteiger partial charge in [0.15, 0.2) is 4.90 Å². The fourth-order valence-corrected chi connectivity index (χ4v) is 4.30. The van der Waals surface area contributed by atoms with E-state index >= 15 is 0 Å². The summed E-state index contributed by atoms with van der Waals surface area (Å²) in [4.78, 5) is 23.4. The van der Waals surface area contributed by atoms with E-state index in [2.05, 4.69) is 4.72 Å². The second-order valence-electron chi connectivity index (χ2n) is 5.66. The van der Waals surface area contributed by atoms with Crippen molar-refractivity contribution in [3.63, 3.8) is 0 Å². The Kier molecular flexibility index (Phi) is 3.73. The molecule has 122 valence electrons. The van der Waals surface area contributed by atoms with Crippen LogP contribution >= 0.6 is 0 Å². The quantitative estimate of drug-likeness (QED) is 0.858. The number of sulfonamides is 1. The van der Waals surface area contributed by atoms with Crippen LogP contribution in [0.4, 0.5) is 0 Å². The van der Waals surface area contributed by atoms with Crippen LogP contribution in [0.2, 0.25) is 0 Å². The van der Waals surface area contributed by atoms with Gasteiger partial charge in [0, 0.05) is 26.3 Å². The smallest absolute Gasteiger partial charge is 0.302 e. The standard InChI is InChI=1S/C15H17N3O4S/c1-17-9-13(14(19)18(2)15(17)20)23(21,22)16-12-8-7-10-5-3-4-6-11(10)12/h3-6,9,12,16H,7-8H2,1-2H3/t12-/m0/s1. The predicted octanol–water partition coefficient (Wildman–Crippen LogP) is 0.0498. The van der Waals surface area contributed by atoms with Crippen LogP contribution in [0.25, 0.3) is 0 Å². The Bertz CT molecular complexity index is 989. The summed E-state index contributed by atoms with van der Waals surface area (Å²) in [5, 5.41) is 0. The number of hydrogen-bond donors (Lipinski definition) is 1. The summed E-state index contributed by atoms with van der Waals surface area (Å²) in [7, 11) is -1.36. The van der Waals surface area contributed by atoms with Crippen LogP contribution in [0.15, 0.2) is 44.9 Å². The predicted molar refractivity (Wildman–Crippen MR) is 84.7 cm³/mol. The van der Waals surface area contributed by atoms with Crippen LogP contribution in [0.3, 0.4) is 0 Å². The molecule has 0 fully saturated rings. The van der Waals surface area contributed by atoms with Crippen LogP contribution in [0.5, 0.6) is 0 Å². The monoisotopic (exact) mass is 335 g/mol. The highest BCUT2D eigenvalue weighted by atomic mass is 32.2.